The second-order valence-electron chi connectivity index (χ2n) is 4.88. The van der Waals surface area contributed by atoms with Crippen molar-refractivity contribution in [3.8, 4) is 0 Å². The maximum atomic E-state index is 12.1. The topological polar surface area (TPSA) is 92.1 Å². The second kappa shape index (κ2) is 8.78. The fourth-order valence-corrected chi connectivity index (χ4v) is 3.05. The van der Waals surface area contributed by atoms with Crippen LogP contribution in [-0.4, -0.2) is 33.8 Å². The second-order valence-corrected chi connectivity index (χ2v) is 6.64. The van der Waals surface area contributed by atoms with Gasteiger partial charge in [0.2, 0.25) is 15.9 Å². The molecule has 0 saturated heterocycles. The summed E-state index contributed by atoms with van der Waals surface area (Å²) in [5.74, 6) is -0.198. The number of quaternary nitrogens is 1. The fraction of sp³-hybridized carbons (Fsp3) is 0.286. The number of nitrogens with zero attached hydrogens (tertiary/aromatic N) is 1. The van der Waals surface area contributed by atoms with E-state index in [-0.39, 0.29) is 23.2 Å². The summed E-state index contributed by atoms with van der Waals surface area (Å²) in [6.07, 6.45) is 6.11. The number of hydrogen-bond acceptors (Lipinski definition) is 4. The van der Waals surface area contributed by atoms with Crippen LogP contribution in [0.5, 0.6) is 0 Å². The minimum absolute atomic E-state index is 0. The Labute approximate surface area is 141 Å². The molecule has 1 aromatic carbocycles. The van der Waals surface area contributed by atoms with E-state index < -0.39 is 10.0 Å². The van der Waals surface area contributed by atoms with Gasteiger partial charge in [0.15, 0.2) is 6.34 Å². The lowest BCUT2D eigenvalue weighted by Crippen LogP contribution is -3.05. The molecule has 0 aromatic heterocycles. The molecule has 1 aromatic rings. The van der Waals surface area contributed by atoms with E-state index in [1.54, 1.807) is 24.7 Å². The molecular weight excluding hydrogens is 340 g/mol. The van der Waals surface area contributed by atoms with Gasteiger partial charge in [0.05, 0.1) is 17.6 Å². The van der Waals surface area contributed by atoms with Crippen LogP contribution in [-0.2, 0) is 14.8 Å². The first-order chi connectivity index (χ1) is 10.5. The van der Waals surface area contributed by atoms with Gasteiger partial charge in [-0.15, -0.1) is 0 Å². The van der Waals surface area contributed by atoms with Crippen LogP contribution in [0.25, 0.3) is 0 Å². The Morgan fingerprint density at radius 1 is 1.26 bits per heavy atom. The molecule has 1 aliphatic rings. The molecule has 1 aliphatic heterocycles. The SMILES string of the molecule is CC(=O)Nc1ccc(S(=O)(=O)NCCC[NH+]2C=CN=C2)cc1.[Cl-]. The lowest BCUT2D eigenvalue weighted by Gasteiger charge is -2.09. The first kappa shape index (κ1) is 19.3. The minimum Gasteiger partial charge on any atom is -1.00 e. The molecule has 0 saturated carbocycles. The van der Waals surface area contributed by atoms with Crippen molar-refractivity contribution in [1.82, 2.24) is 4.72 Å². The number of sulfonamides is 1. The van der Waals surface area contributed by atoms with Gasteiger partial charge in [-0.3, -0.25) is 9.69 Å². The van der Waals surface area contributed by atoms with E-state index in [2.05, 4.69) is 15.0 Å². The van der Waals surface area contributed by atoms with Crippen LogP contribution in [0.1, 0.15) is 13.3 Å². The Bertz CT molecular complexity index is 674. The summed E-state index contributed by atoms with van der Waals surface area (Å²) in [6, 6.07) is 6.06. The number of anilines is 1. The molecule has 9 heteroatoms. The highest BCUT2D eigenvalue weighted by atomic mass is 35.5. The quantitative estimate of drug-likeness (QED) is 0.446. The molecule has 1 amide bonds. The summed E-state index contributed by atoms with van der Waals surface area (Å²) < 4.78 is 26.8. The predicted octanol–water partition coefficient (Wildman–Crippen LogP) is -3.28. The van der Waals surface area contributed by atoms with Gasteiger partial charge in [0, 0.05) is 25.6 Å². The Balaban J connectivity index is 0.00000264. The number of rotatable bonds is 7. The molecule has 126 valence electrons. The third-order valence-corrected chi connectivity index (χ3v) is 4.51. The molecule has 1 atom stereocenters. The van der Waals surface area contributed by atoms with E-state index in [1.807, 2.05) is 6.20 Å². The van der Waals surface area contributed by atoms with Crippen molar-refractivity contribution in [2.45, 2.75) is 18.2 Å². The van der Waals surface area contributed by atoms with Crippen molar-refractivity contribution in [2.75, 3.05) is 18.4 Å². The zero-order chi connectivity index (χ0) is 16.0. The van der Waals surface area contributed by atoms with E-state index in [4.69, 9.17) is 0 Å². The van der Waals surface area contributed by atoms with Crippen LogP contribution in [0.4, 0.5) is 5.69 Å². The largest absolute Gasteiger partial charge is 1.00 e. The third-order valence-electron chi connectivity index (χ3n) is 3.03. The zero-order valence-corrected chi connectivity index (χ0v) is 14.2. The maximum absolute atomic E-state index is 12.1. The average Bonchev–Trinajstić information content (AvgIpc) is 2.97. The molecule has 0 bridgehead atoms. The minimum atomic E-state index is -3.52. The Morgan fingerprint density at radius 2 is 1.96 bits per heavy atom. The molecule has 0 radical (unpaired) electrons. The average molecular weight is 359 g/mol. The van der Waals surface area contributed by atoms with Gasteiger partial charge in [-0.25, -0.2) is 18.1 Å². The number of hydrogen-bond donors (Lipinski definition) is 3. The van der Waals surface area contributed by atoms with E-state index >= 15 is 0 Å². The molecule has 3 N–H and O–H groups in total. The van der Waals surface area contributed by atoms with Crippen LogP contribution >= 0.6 is 0 Å². The Kier molecular flexibility index (Phi) is 7.37. The predicted molar refractivity (Wildman–Crippen MR) is 84.0 cm³/mol. The smallest absolute Gasteiger partial charge is 0.240 e. The van der Waals surface area contributed by atoms with Crippen molar-refractivity contribution in [2.24, 2.45) is 4.99 Å². The molecule has 0 fully saturated rings. The van der Waals surface area contributed by atoms with Crippen molar-refractivity contribution in [3.05, 3.63) is 36.7 Å². The van der Waals surface area contributed by atoms with Crippen molar-refractivity contribution >= 4 is 28.0 Å². The van der Waals surface area contributed by atoms with E-state index in [0.29, 0.717) is 18.7 Å². The number of benzene rings is 1. The first-order valence-corrected chi connectivity index (χ1v) is 8.38. The summed E-state index contributed by atoms with van der Waals surface area (Å²) in [5.41, 5.74) is 0.565. The van der Waals surface area contributed by atoms with Gasteiger partial charge in [-0.1, -0.05) is 0 Å². The van der Waals surface area contributed by atoms with Crippen molar-refractivity contribution < 1.29 is 30.5 Å². The molecule has 2 rings (SSSR count). The molecule has 1 heterocycles. The van der Waals surface area contributed by atoms with Crippen LogP contribution < -0.4 is 27.3 Å². The number of carbonyl (C=O) groups is 1. The molecule has 7 nitrogen and oxygen atoms in total. The number of carbonyl (C=O) groups excluding carboxylic acids is 1. The van der Waals surface area contributed by atoms with Crippen molar-refractivity contribution in [3.63, 3.8) is 0 Å². The van der Waals surface area contributed by atoms with E-state index in [1.165, 1.54) is 19.1 Å². The van der Waals surface area contributed by atoms with Gasteiger partial charge in [-0.05, 0) is 24.3 Å². The number of nitrogens with one attached hydrogen (secondary N) is 3. The van der Waals surface area contributed by atoms with Gasteiger partial charge in [0.1, 0.15) is 6.20 Å². The lowest BCUT2D eigenvalue weighted by molar-refractivity contribution is -0.736. The molecule has 0 spiro atoms. The van der Waals surface area contributed by atoms with E-state index in [0.717, 1.165) is 11.4 Å². The standard InChI is InChI=1S/C14H18N4O3S.ClH/c1-12(19)17-13-3-5-14(6-4-13)22(20,21)16-7-2-9-18-10-8-15-11-18;/h3-6,8,10-11,16H,2,7,9H2,1H3,(H,17,19);1H. The highest BCUT2D eigenvalue weighted by Crippen LogP contribution is 2.13. The Hall–Kier alpha value is -1.74. The zero-order valence-electron chi connectivity index (χ0n) is 12.6. The van der Waals surface area contributed by atoms with Gasteiger partial charge >= 0.3 is 0 Å². The highest BCUT2D eigenvalue weighted by Gasteiger charge is 2.14. The molecular formula is C14H19ClN4O3S. The van der Waals surface area contributed by atoms with Crippen LogP contribution in [0.2, 0.25) is 0 Å². The van der Waals surface area contributed by atoms with Crippen LogP contribution in [0.3, 0.4) is 0 Å². The Morgan fingerprint density at radius 3 is 2.52 bits per heavy atom. The van der Waals surface area contributed by atoms with Gasteiger partial charge < -0.3 is 17.7 Å². The monoisotopic (exact) mass is 358 g/mol. The highest BCUT2D eigenvalue weighted by molar-refractivity contribution is 7.89. The van der Waals surface area contributed by atoms with Crippen LogP contribution in [0.15, 0.2) is 46.6 Å². The molecule has 23 heavy (non-hydrogen) atoms. The first-order valence-electron chi connectivity index (χ1n) is 6.90. The lowest BCUT2D eigenvalue weighted by atomic mass is 10.3. The van der Waals surface area contributed by atoms with Crippen molar-refractivity contribution in [1.29, 1.82) is 0 Å². The molecule has 0 aliphatic carbocycles. The summed E-state index contributed by atoms with van der Waals surface area (Å²) >= 11 is 0. The summed E-state index contributed by atoms with van der Waals surface area (Å²) in [5, 5.41) is 2.59. The van der Waals surface area contributed by atoms with Gasteiger partial charge in [0.25, 0.3) is 0 Å². The van der Waals surface area contributed by atoms with Gasteiger partial charge in [-0.2, -0.15) is 0 Å². The number of aliphatic imine (C=N–C) groups is 1. The fourth-order valence-electron chi connectivity index (χ4n) is 1.97. The summed E-state index contributed by atoms with van der Waals surface area (Å²) in [6.45, 7) is 2.54. The summed E-state index contributed by atoms with van der Waals surface area (Å²) in [7, 11) is -3.52. The normalized spacial score (nSPS) is 16.1. The maximum Gasteiger partial charge on any atom is 0.240 e. The summed E-state index contributed by atoms with van der Waals surface area (Å²) in [4.78, 5) is 16.2. The van der Waals surface area contributed by atoms with Crippen LogP contribution in [0, 0.1) is 0 Å². The third kappa shape index (κ3) is 6.11. The number of halogens is 1. The number of amides is 1. The van der Waals surface area contributed by atoms with E-state index in [9.17, 15) is 13.2 Å². The molecule has 1 unspecified atom stereocenters.